The van der Waals surface area contributed by atoms with Gasteiger partial charge in [0, 0.05) is 30.2 Å². The molecule has 0 bridgehead atoms. The minimum absolute atomic E-state index is 0.0260. The van der Waals surface area contributed by atoms with Crippen LogP contribution in [0.3, 0.4) is 0 Å². The highest BCUT2D eigenvalue weighted by molar-refractivity contribution is 6.05. The van der Waals surface area contributed by atoms with Crippen LogP contribution < -0.4 is 15.8 Å². The Labute approximate surface area is 210 Å². The summed E-state index contributed by atoms with van der Waals surface area (Å²) in [4.78, 5) is 20.1. The van der Waals surface area contributed by atoms with Crippen LogP contribution in [0, 0.1) is 23.5 Å². The van der Waals surface area contributed by atoms with Gasteiger partial charge in [-0.2, -0.15) is 18.3 Å². The smallest absolute Gasteiger partial charge is 0.434 e. The summed E-state index contributed by atoms with van der Waals surface area (Å²) >= 11 is 0. The van der Waals surface area contributed by atoms with Gasteiger partial charge in [0.15, 0.2) is 28.9 Å². The molecular weight excluding hydrogens is 515 g/mol. The highest BCUT2D eigenvalue weighted by Crippen LogP contribution is 2.35. The molecule has 0 atom stereocenters. The molecule has 3 aromatic heterocycles. The molecule has 0 saturated carbocycles. The summed E-state index contributed by atoms with van der Waals surface area (Å²) in [5, 5.41) is 14.5. The Morgan fingerprint density at radius 1 is 1.11 bits per heavy atom. The quantitative estimate of drug-likeness (QED) is 0.264. The van der Waals surface area contributed by atoms with Gasteiger partial charge in [-0.3, -0.25) is 4.79 Å². The Kier molecular flexibility index (Phi) is 7.22. The fraction of sp³-hybridized carbons (Fsp3) is 0.0833. The number of carbonyl (C=O) groups excluding carboxylic acids is 1. The fourth-order valence-corrected chi connectivity index (χ4v) is 3.26. The van der Waals surface area contributed by atoms with E-state index in [0.29, 0.717) is 6.20 Å². The number of nitrogens with one attached hydrogen (secondary N) is 1. The van der Waals surface area contributed by atoms with E-state index in [-0.39, 0.29) is 33.2 Å². The molecule has 4 rings (SSSR count). The third-order valence-electron chi connectivity index (χ3n) is 4.87. The Bertz CT molecular complexity index is 1580. The number of hydrogen-bond acceptors (Lipinski definition) is 7. The number of aliphatic hydroxyl groups is 1. The standard InChI is InChI=1S/C24H15F5N6O3/c25-16-4-1-8-32-22(16)35-20(24(27,28)29)15(12-33-35)23(37)34-13-5-6-19(17(26)11-13)38-18-7-9-31-21(30)14(18)3-2-10-36/h1,4-9,11-12,36H,10H2,(H2,30,31)(H,34,37). The minimum atomic E-state index is -5.11. The van der Waals surface area contributed by atoms with Crippen LogP contribution in [0.25, 0.3) is 5.82 Å². The number of nitrogen functional groups attached to an aromatic ring is 1. The molecule has 9 nitrogen and oxygen atoms in total. The summed E-state index contributed by atoms with van der Waals surface area (Å²) in [6.45, 7) is -0.470. The summed E-state index contributed by atoms with van der Waals surface area (Å²) in [7, 11) is 0. The van der Waals surface area contributed by atoms with Gasteiger partial charge in [0.1, 0.15) is 23.7 Å². The molecule has 0 aliphatic carbocycles. The van der Waals surface area contributed by atoms with Crippen molar-refractivity contribution in [3.63, 3.8) is 0 Å². The first-order valence-corrected chi connectivity index (χ1v) is 10.5. The number of aliphatic hydroxyl groups excluding tert-OH is 1. The lowest BCUT2D eigenvalue weighted by Gasteiger charge is -2.13. The van der Waals surface area contributed by atoms with E-state index in [4.69, 9.17) is 15.6 Å². The highest BCUT2D eigenvalue weighted by Gasteiger charge is 2.41. The first-order chi connectivity index (χ1) is 18.1. The second-order valence-corrected chi connectivity index (χ2v) is 7.36. The number of benzene rings is 1. The van der Waals surface area contributed by atoms with Crippen molar-refractivity contribution in [2.75, 3.05) is 17.7 Å². The van der Waals surface area contributed by atoms with Crippen molar-refractivity contribution < 1.29 is 36.6 Å². The predicted octanol–water partition coefficient (Wildman–Crippen LogP) is 3.93. The lowest BCUT2D eigenvalue weighted by Crippen LogP contribution is -2.21. The molecule has 194 valence electrons. The molecule has 14 heteroatoms. The number of amides is 1. The van der Waals surface area contributed by atoms with E-state index >= 15 is 0 Å². The van der Waals surface area contributed by atoms with E-state index in [1.54, 1.807) is 0 Å². The number of rotatable bonds is 5. The maximum atomic E-state index is 14.8. The maximum absolute atomic E-state index is 14.8. The second kappa shape index (κ2) is 10.5. The second-order valence-electron chi connectivity index (χ2n) is 7.36. The van der Waals surface area contributed by atoms with E-state index in [2.05, 4.69) is 32.2 Å². The zero-order valence-electron chi connectivity index (χ0n) is 18.9. The molecule has 0 unspecified atom stereocenters. The van der Waals surface area contributed by atoms with Crippen LogP contribution in [0.4, 0.5) is 33.5 Å². The van der Waals surface area contributed by atoms with Crippen LogP contribution in [-0.2, 0) is 6.18 Å². The first-order valence-electron chi connectivity index (χ1n) is 10.5. The fourth-order valence-electron chi connectivity index (χ4n) is 3.26. The number of pyridine rings is 2. The molecule has 0 spiro atoms. The molecular formula is C24H15F5N6O3. The topological polar surface area (TPSA) is 128 Å². The van der Waals surface area contributed by atoms with Crippen molar-refractivity contribution in [1.29, 1.82) is 0 Å². The Hall–Kier alpha value is -5.03. The molecule has 1 aromatic carbocycles. The summed E-state index contributed by atoms with van der Waals surface area (Å²) in [6, 6.07) is 6.52. The molecule has 0 fully saturated rings. The van der Waals surface area contributed by atoms with Crippen LogP contribution in [0.5, 0.6) is 11.5 Å². The summed E-state index contributed by atoms with van der Waals surface area (Å²) in [5.41, 5.74) is 3.13. The number of halogens is 5. The average Bonchev–Trinajstić information content (AvgIpc) is 3.32. The maximum Gasteiger partial charge on any atom is 0.434 e. The van der Waals surface area contributed by atoms with Crippen LogP contribution in [-0.4, -0.2) is 37.4 Å². The third kappa shape index (κ3) is 5.37. The first kappa shape index (κ1) is 26.0. The lowest BCUT2D eigenvalue weighted by molar-refractivity contribution is -0.143. The van der Waals surface area contributed by atoms with Crippen molar-refractivity contribution in [3.05, 3.63) is 83.4 Å². The van der Waals surface area contributed by atoms with Crippen LogP contribution in [0.1, 0.15) is 21.6 Å². The van der Waals surface area contributed by atoms with Crippen LogP contribution in [0.2, 0.25) is 0 Å². The summed E-state index contributed by atoms with van der Waals surface area (Å²) < 4.78 is 76.0. The van der Waals surface area contributed by atoms with Crippen LogP contribution >= 0.6 is 0 Å². The monoisotopic (exact) mass is 530 g/mol. The van der Waals surface area contributed by atoms with Gasteiger partial charge in [0.25, 0.3) is 5.91 Å². The van der Waals surface area contributed by atoms with Gasteiger partial charge in [-0.15, -0.1) is 0 Å². The average molecular weight is 530 g/mol. The van der Waals surface area contributed by atoms with E-state index in [9.17, 15) is 26.7 Å². The zero-order chi connectivity index (χ0) is 27.4. The zero-order valence-corrected chi connectivity index (χ0v) is 18.9. The molecule has 0 radical (unpaired) electrons. The van der Waals surface area contributed by atoms with E-state index in [0.717, 1.165) is 24.4 Å². The highest BCUT2D eigenvalue weighted by atomic mass is 19.4. The Morgan fingerprint density at radius 3 is 2.58 bits per heavy atom. The summed E-state index contributed by atoms with van der Waals surface area (Å²) in [5.74, 6) is 0.476. The van der Waals surface area contributed by atoms with Crippen molar-refractivity contribution in [2.24, 2.45) is 0 Å². The molecule has 0 aliphatic heterocycles. The molecule has 0 aliphatic rings. The number of nitrogens with zero attached hydrogens (tertiary/aromatic N) is 4. The molecule has 3 heterocycles. The van der Waals surface area contributed by atoms with Crippen molar-refractivity contribution in [3.8, 4) is 29.2 Å². The summed E-state index contributed by atoms with van der Waals surface area (Å²) in [6.07, 6.45) is -2.16. The van der Waals surface area contributed by atoms with Crippen LogP contribution in [0.15, 0.2) is 55.0 Å². The number of anilines is 2. The number of nitrogens with two attached hydrogens (primary N) is 1. The van der Waals surface area contributed by atoms with Crippen molar-refractivity contribution >= 4 is 17.4 Å². The van der Waals surface area contributed by atoms with E-state index in [1.165, 1.54) is 24.4 Å². The minimum Gasteiger partial charge on any atom is -0.453 e. The molecule has 4 aromatic rings. The number of carbonyl (C=O) groups is 1. The van der Waals surface area contributed by atoms with Gasteiger partial charge in [-0.1, -0.05) is 11.8 Å². The number of hydrogen-bond donors (Lipinski definition) is 3. The molecule has 1 amide bonds. The van der Waals surface area contributed by atoms with Gasteiger partial charge in [0.2, 0.25) is 0 Å². The number of ether oxygens (including phenoxy) is 1. The SMILES string of the molecule is Nc1nccc(Oc2ccc(NC(=O)c3cnn(-c4ncccc4F)c3C(F)(F)F)cc2F)c1C#CCO. The van der Waals surface area contributed by atoms with Gasteiger partial charge >= 0.3 is 6.18 Å². The lowest BCUT2D eigenvalue weighted by atomic mass is 10.2. The third-order valence-corrected chi connectivity index (χ3v) is 4.87. The van der Waals surface area contributed by atoms with Gasteiger partial charge in [-0.05, 0) is 24.3 Å². The van der Waals surface area contributed by atoms with E-state index in [1.807, 2.05) is 0 Å². The number of alkyl halides is 3. The predicted molar refractivity (Wildman–Crippen MR) is 123 cm³/mol. The number of aromatic nitrogens is 4. The van der Waals surface area contributed by atoms with Crippen molar-refractivity contribution in [2.45, 2.75) is 6.18 Å². The molecule has 4 N–H and O–H groups in total. The van der Waals surface area contributed by atoms with Gasteiger partial charge in [-0.25, -0.2) is 23.4 Å². The molecule has 0 saturated heterocycles. The molecule has 38 heavy (non-hydrogen) atoms. The normalized spacial score (nSPS) is 11.0. The Balaban J connectivity index is 1.61. The van der Waals surface area contributed by atoms with Gasteiger partial charge in [0.05, 0.1) is 11.8 Å². The van der Waals surface area contributed by atoms with E-state index < -0.39 is 47.4 Å². The van der Waals surface area contributed by atoms with Crippen molar-refractivity contribution in [1.82, 2.24) is 19.7 Å². The largest absolute Gasteiger partial charge is 0.453 e. The van der Waals surface area contributed by atoms with Gasteiger partial charge < -0.3 is 20.9 Å². The Morgan fingerprint density at radius 2 is 1.89 bits per heavy atom.